The Morgan fingerprint density at radius 3 is 1.90 bits per heavy atom. The molecule has 3 aromatic carbocycles. The summed E-state index contributed by atoms with van der Waals surface area (Å²) in [7, 11) is 0.593. The summed E-state index contributed by atoms with van der Waals surface area (Å²) in [5, 5.41) is -0.765. The zero-order valence-electron chi connectivity index (χ0n) is 17.2. The predicted octanol–water partition coefficient (Wildman–Crippen LogP) is 5.24. The van der Waals surface area contributed by atoms with Crippen LogP contribution in [-0.2, 0) is 9.84 Å². The van der Waals surface area contributed by atoms with Crippen molar-refractivity contribution >= 4 is 21.4 Å². The lowest BCUT2D eigenvalue weighted by Crippen LogP contribution is -2.17. The third-order valence-electron chi connectivity index (χ3n) is 4.87. The van der Waals surface area contributed by atoms with Crippen LogP contribution in [0.25, 0.3) is 0 Å². The van der Waals surface area contributed by atoms with Crippen molar-refractivity contribution in [1.82, 2.24) is 0 Å². The van der Waals surface area contributed by atoms with Crippen molar-refractivity contribution in [2.75, 3.05) is 21.3 Å². The van der Waals surface area contributed by atoms with Crippen molar-refractivity contribution in [3.05, 3.63) is 82.4 Å². The second kappa shape index (κ2) is 8.98. The van der Waals surface area contributed by atoms with Gasteiger partial charge in [0.15, 0.2) is 21.3 Å². The topological polar surface area (TPSA) is 61.8 Å². The van der Waals surface area contributed by atoms with Crippen molar-refractivity contribution in [3.63, 3.8) is 0 Å². The maximum absolute atomic E-state index is 13.8. The molecule has 158 valence electrons. The molecule has 0 amide bonds. The van der Waals surface area contributed by atoms with Crippen LogP contribution in [0.4, 0.5) is 0 Å². The number of hydrogen-bond donors (Lipinski definition) is 0. The maximum atomic E-state index is 13.8. The van der Waals surface area contributed by atoms with Crippen molar-refractivity contribution in [3.8, 4) is 17.2 Å². The lowest BCUT2D eigenvalue weighted by Gasteiger charge is -2.23. The number of ether oxygens (including phenoxy) is 3. The van der Waals surface area contributed by atoms with Gasteiger partial charge in [-0.05, 0) is 36.8 Å². The van der Waals surface area contributed by atoms with Gasteiger partial charge in [-0.15, -0.1) is 0 Å². The third-order valence-corrected chi connectivity index (χ3v) is 7.27. The molecule has 0 heterocycles. The van der Waals surface area contributed by atoms with Gasteiger partial charge in [0.2, 0.25) is 0 Å². The van der Waals surface area contributed by atoms with Gasteiger partial charge in [0.25, 0.3) is 0 Å². The Kier molecular flexibility index (Phi) is 6.58. The monoisotopic (exact) mass is 446 g/mol. The largest absolute Gasteiger partial charge is 0.496 e. The van der Waals surface area contributed by atoms with Crippen molar-refractivity contribution < 1.29 is 22.6 Å². The second-order valence-corrected chi connectivity index (χ2v) is 9.15. The van der Waals surface area contributed by atoms with Gasteiger partial charge in [-0.2, -0.15) is 0 Å². The minimum atomic E-state index is -3.88. The standard InChI is InChI=1S/C23H23ClO5S/c1-15-9-11-16(12-10-15)30(25,26)23(17-7-5-6-8-19(17)24)18-13-21(28-3)22(29-4)14-20(18)27-2/h5-14,23H,1-4H3. The fourth-order valence-corrected chi connectivity index (χ4v) is 5.47. The van der Waals surface area contributed by atoms with Crippen LogP contribution in [0.1, 0.15) is 21.9 Å². The minimum Gasteiger partial charge on any atom is -0.496 e. The molecule has 1 unspecified atom stereocenters. The Labute approximate surface area is 182 Å². The average Bonchev–Trinajstić information content (AvgIpc) is 2.75. The van der Waals surface area contributed by atoms with Crippen molar-refractivity contribution in [1.29, 1.82) is 0 Å². The molecule has 0 bridgehead atoms. The molecule has 7 heteroatoms. The van der Waals surface area contributed by atoms with E-state index in [-0.39, 0.29) is 4.90 Å². The molecule has 0 saturated heterocycles. The van der Waals surface area contributed by atoms with Gasteiger partial charge < -0.3 is 14.2 Å². The molecule has 0 N–H and O–H groups in total. The molecule has 0 aliphatic heterocycles. The van der Waals surface area contributed by atoms with E-state index in [0.29, 0.717) is 33.4 Å². The zero-order chi connectivity index (χ0) is 21.9. The van der Waals surface area contributed by atoms with Crippen molar-refractivity contribution in [2.45, 2.75) is 17.1 Å². The number of rotatable bonds is 7. The van der Waals surface area contributed by atoms with E-state index in [1.54, 1.807) is 60.7 Å². The third kappa shape index (κ3) is 4.11. The first-order valence-corrected chi connectivity index (χ1v) is 11.1. The molecule has 5 nitrogen and oxygen atoms in total. The summed E-state index contributed by atoms with van der Waals surface area (Å²) < 4.78 is 44.0. The fraction of sp³-hybridized carbons (Fsp3) is 0.217. The summed E-state index contributed by atoms with van der Waals surface area (Å²) in [5.74, 6) is 1.18. The quantitative estimate of drug-likeness (QED) is 0.496. The SMILES string of the molecule is COc1cc(OC)c(C(c2ccccc2Cl)S(=O)(=O)c2ccc(C)cc2)cc1OC. The second-order valence-electron chi connectivity index (χ2n) is 6.71. The average molecular weight is 447 g/mol. The van der Waals surface area contributed by atoms with E-state index in [1.165, 1.54) is 21.3 Å². The minimum absolute atomic E-state index is 0.190. The van der Waals surface area contributed by atoms with Crippen LogP contribution in [0.2, 0.25) is 5.02 Å². The molecule has 30 heavy (non-hydrogen) atoms. The summed E-state index contributed by atoms with van der Waals surface area (Å²) >= 11 is 6.45. The van der Waals surface area contributed by atoms with E-state index in [1.807, 2.05) is 6.92 Å². The number of benzene rings is 3. The number of aryl methyl sites for hydroxylation is 1. The van der Waals surface area contributed by atoms with E-state index in [2.05, 4.69) is 0 Å². The van der Waals surface area contributed by atoms with Gasteiger partial charge in [-0.3, -0.25) is 0 Å². The normalized spacial score (nSPS) is 12.3. The zero-order valence-corrected chi connectivity index (χ0v) is 18.8. The molecule has 0 fully saturated rings. The van der Waals surface area contributed by atoms with Crippen LogP contribution in [0.5, 0.6) is 17.2 Å². The predicted molar refractivity (Wildman–Crippen MR) is 118 cm³/mol. The van der Waals surface area contributed by atoms with Crippen LogP contribution < -0.4 is 14.2 Å². The Hall–Kier alpha value is -2.70. The molecular formula is C23H23ClO5S. The molecule has 3 rings (SSSR count). The van der Waals surface area contributed by atoms with E-state index in [4.69, 9.17) is 25.8 Å². The summed E-state index contributed by atoms with van der Waals surface area (Å²) in [6.07, 6.45) is 0. The number of hydrogen-bond acceptors (Lipinski definition) is 5. The van der Waals surface area contributed by atoms with Gasteiger partial charge in [0.1, 0.15) is 11.0 Å². The van der Waals surface area contributed by atoms with Gasteiger partial charge >= 0.3 is 0 Å². The number of halogens is 1. The van der Waals surface area contributed by atoms with E-state index < -0.39 is 15.1 Å². The molecule has 3 aromatic rings. The van der Waals surface area contributed by atoms with Crippen LogP contribution in [0.3, 0.4) is 0 Å². The van der Waals surface area contributed by atoms with Gasteiger partial charge in [-0.25, -0.2) is 8.42 Å². The molecule has 0 aliphatic rings. The molecule has 0 aliphatic carbocycles. The van der Waals surface area contributed by atoms with Gasteiger partial charge in [-0.1, -0.05) is 47.5 Å². The van der Waals surface area contributed by atoms with E-state index in [9.17, 15) is 8.42 Å². The molecule has 1 atom stereocenters. The Bertz CT molecular complexity index is 1140. The molecule has 0 saturated carbocycles. The maximum Gasteiger partial charge on any atom is 0.189 e. The van der Waals surface area contributed by atoms with Crippen LogP contribution >= 0.6 is 11.6 Å². The Morgan fingerprint density at radius 2 is 1.33 bits per heavy atom. The molecule has 0 aromatic heterocycles. The first-order chi connectivity index (χ1) is 14.3. The highest BCUT2D eigenvalue weighted by atomic mass is 35.5. The highest BCUT2D eigenvalue weighted by Crippen LogP contribution is 2.45. The lowest BCUT2D eigenvalue weighted by atomic mass is 10.0. The molecular weight excluding hydrogens is 424 g/mol. The smallest absolute Gasteiger partial charge is 0.189 e. The molecule has 0 radical (unpaired) electrons. The van der Waals surface area contributed by atoms with Crippen LogP contribution in [0, 0.1) is 6.92 Å². The molecule has 0 spiro atoms. The van der Waals surface area contributed by atoms with Gasteiger partial charge in [0.05, 0.1) is 26.2 Å². The summed E-state index contributed by atoms with van der Waals surface area (Å²) in [6, 6.07) is 16.9. The van der Waals surface area contributed by atoms with E-state index >= 15 is 0 Å². The lowest BCUT2D eigenvalue weighted by molar-refractivity contribution is 0.347. The first-order valence-electron chi connectivity index (χ1n) is 9.18. The number of methoxy groups -OCH3 is 3. The van der Waals surface area contributed by atoms with Crippen LogP contribution in [0.15, 0.2) is 65.6 Å². The Balaban J connectivity index is 2.34. The van der Waals surface area contributed by atoms with E-state index in [0.717, 1.165) is 5.56 Å². The van der Waals surface area contributed by atoms with Crippen molar-refractivity contribution in [2.24, 2.45) is 0 Å². The van der Waals surface area contributed by atoms with Crippen LogP contribution in [-0.4, -0.2) is 29.7 Å². The highest BCUT2D eigenvalue weighted by molar-refractivity contribution is 7.92. The summed E-state index contributed by atoms with van der Waals surface area (Å²) in [4.78, 5) is 0.190. The van der Waals surface area contributed by atoms with Gasteiger partial charge in [0, 0.05) is 16.7 Å². The fourth-order valence-electron chi connectivity index (χ4n) is 3.31. The number of sulfone groups is 1. The Morgan fingerprint density at radius 1 is 0.767 bits per heavy atom. The summed E-state index contributed by atoms with van der Waals surface area (Å²) in [6.45, 7) is 1.90. The first kappa shape index (κ1) is 22.0. The highest BCUT2D eigenvalue weighted by Gasteiger charge is 2.35. The summed E-state index contributed by atoms with van der Waals surface area (Å²) in [5.41, 5.74) is 1.82.